The van der Waals surface area contributed by atoms with Crippen molar-refractivity contribution < 1.29 is 0 Å². The lowest BCUT2D eigenvalue weighted by Crippen LogP contribution is -1.80. The molecular formula is C5H6INS. The molecule has 3 heteroatoms. The fourth-order valence-corrected chi connectivity index (χ4v) is 1.95. The average molecular weight is 239 g/mol. The van der Waals surface area contributed by atoms with Gasteiger partial charge in [-0.1, -0.05) is 22.6 Å². The first-order valence-electron chi connectivity index (χ1n) is 2.38. The van der Waals surface area contributed by atoms with Gasteiger partial charge in [-0.2, -0.15) is 0 Å². The molecule has 0 saturated heterocycles. The fourth-order valence-electron chi connectivity index (χ4n) is 0.457. The molecule has 0 aliphatic carbocycles. The van der Waals surface area contributed by atoms with Gasteiger partial charge in [0.05, 0.1) is 5.01 Å². The van der Waals surface area contributed by atoms with Gasteiger partial charge in [0.2, 0.25) is 0 Å². The van der Waals surface area contributed by atoms with Gasteiger partial charge in [-0.05, 0) is 0 Å². The summed E-state index contributed by atoms with van der Waals surface area (Å²) >= 11 is 4.09. The molecule has 44 valence electrons. The second-order valence-corrected chi connectivity index (χ2v) is 3.42. The summed E-state index contributed by atoms with van der Waals surface area (Å²) in [6.45, 7) is 0. The van der Waals surface area contributed by atoms with E-state index in [9.17, 15) is 0 Å². The minimum Gasteiger partial charge on any atom is -0.250 e. The smallest absolute Gasteiger partial charge is 0.0932 e. The van der Waals surface area contributed by atoms with Crippen LogP contribution in [0, 0.1) is 0 Å². The minimum absolute atomic E-state index is 1.12. The summed E-state index contributed by atoms with van der Waals surface area (Å²) in [6, 6.07) is 0. The summed E-state index contributed by atoms with van der Waals surface area (Å²) in [4.78, 5) is 4.12. The van der Waals surface area contributed by atoms with Crippen LogP contribution in [-0.2, 0) is 6.42 Å². The minimum atomic E-state index is 1.12. The highest BCUT2D eigenvalue weighted by molar-refractivity contribution is 14.1. The summed E-state index contributed by atoms with van der Waals surface area (Å²) in [7, 11) is 0. The lowest BCUT2D eigenvalue weighted by molar-refractivity contribution is 1.12. The van der Waals surface area contributed by atoms with Crippen LogP contribution < -0.4 is 0 Å². The van der Waals surface area contributed by atoms with Crippen LogP contribution in [0.25, 0.3) is 0 Å². The van der Waals surface area contributed by atoms with Crippen LogP contribution in [0.2, 0.25) is 0 Å². The molecule has 0 saturated carbocycles. The van der Waals surface area contributed by atoms with E-state index in [0.717, 1.165) is 6.42 Å². The molecule has 0 bridgehead atoms. The molecule has 0 amide bonds. The Hall–Kier alpha value is 0.360. The van der Waals surface area contributed by atoms with Gasteiger partial charge in [0.15, 0.2) is 0 Å². The Morgan fingerprint density at radius 1 is 1.75 bits per heavy atom. The van der Waals surface area contributed by atoms with E-state index in [1.807, 2.05) is 11.6 Å². The Bertz CT molecular complexity index is 138. The molecule has 0 aromatic carbocycles. The lowest BCUT2D eigenvalue weighted by Gasteiger charge is -1.83. The third-order valence-corrected chi connectivity index (χ3v) is 2.17. The highest BCUT2D eigenvalue weighted by atomic mass is 127. The molecule has 0 N–H and O–H groups in total. The van der Waals surface area contributed by atoms with E-state index in [-0.39, 0.29) is 0 Å². The first-order valence-corrected chi connectivity index (χ1v) is 4.78. The summed E-state index contributed by atoms with van der Waals surface area (Å²) < 4.78 is 1.17. The van der Waals surface area contributed by atoms with Crippen molar-refractivity contribution in [2.24, 2.45) is 0 Å². The van der Waals surface area contributed by atoms with Crippen molar-refractivity contribution in [3.8, 4) is 0 Å². The molecule has 0 aliphatic heterocycles. The number of rotatable bonds is 2. The topological polar surface area (TPSA) is 12.9 Å². The Morgan fingerprint density at radius 2 is 2.62 bits per heavy atom. The van der Waals surface area contributed by atoms with Gasteiger partial charge in [0.25, 0.3) is 0 Å². The number of thiazole rings is 1. The van der Waals surface area contributed by atoms with Crippen molar-refractivity contribution in [1.82, 2.24) is 4.98 Å². The van der Waals surface area contributed by atoms with Crippen LogP contribution in [0.15, 0.2) is 11.6 Å². The Kier molecular flexibility index (Phi) is 2.75. The number of nitrogens with zero attached hydrogens (tertiary/aromatic N) is 1. The first kappa shape index (κ1) is 6.48. The van der Waals surface area contributed by atoms with E-state index in [4.69, 9.17) is 0 Å². The van der Waals surface area contributed by atoms with Crippen molar-refractivity contribution in [3.05, 3.63) is 16.6 Å². The van der Waals surface area contributed by atoms with Crippen molar-refractivity contribution in [1.29, 1.82) is 0 Å². The van der Waals surface area contributed by atoms with Gasteiger partial charge in [-0.15, -0.1) is 11.3 Å². The SMILES string of the molecule is ICCc1nccs1. The highest BCUT2D eigenvalue weighted by Gasteiger charge is 1.89. The van der Waals surface area contributed by atoms with Crippen LogP contribution in [0.4, 0.5) is 0 Å². The van der Waals surface area contributed by atoms with Crippen LogP contribution in [0.1, 0.15) is 5.01 Å². The standard InChI is InChI=1S/C5H6INS/c6-2-1-5-7-3-4-8-5/h3-4H,1-2H2. The monoisotopic (exact) mass is 239 g/mol. The largest absolute Gasteiger partial charge is 0.250 e. The normalized spacial score (nSPS) is 9.62. The maximum atomic E-state index is 4.12. The number of alkyl halides is 1. The maximum absolute atomic E-state index is 4.12. The van der Waals surface area contributed by atoms with Crippen LogP contribution in [-0.4, -0.2) is 9.41 Å². The molecule has 0 atom stereocenters. The van der Waals surface area contributed by atoms with E-state index in [1.54, 1.807) is 11.3 Å². The van der Waals surface area contributed by atoms with E-state index in [2.05, 4.69) is 27.6 Å². The first-order chi connectivity index (χ1) is 3.93. The molecule has 1 rings (SSSR count). The predicted octanol–water partition coefficient (Wildman–Crippen LogP) is 2.12. The van der Waals surface area contributed by atoms with Gasteiger partial charge < -0.3 is 0 Å². The number of aromatic nitrogens is 1. The summed E-state index contributed by atoms with van der Waals surface area (Å²) in [5.41, 5.74) is 0. The quantitative estimate of drug-likeness (QED) is 0.569. The molecule has 0 unspecified atom stereocenters. The average Bonchev–Trinajstić information content (AvgIpc) is 2.19. The molecule has 0 fully saturated rings. The van der Waals surface area contributed by atoms with E-state index < -0.39 is 0 Å². The van der Waals surface area contributed by atoms with Crippen LogP contribution in [0.3, 0.4) is 0 Å². The summed E-state index contributed by atoms with van der Waals surface area (Å²) in [6.07, 6.45) is 2.98. The molecule has 0 spiro atoms. The zero-order valence-electron chi connectivity index (χ0n) is 4.30. The number of hydrogen-bond donors (Lipinski definition) is 0. The highest BCUT2D eigenvalue weighted by Crippen LogP contribution is 2.05. The summed E-state index contributed by atoms with van der Waals surface area (Å²) in [5.74, 6) is 0. The van der Waals surface area contributed by atoms with E-state index in [0.29, 0.717) is 0 Å². The molecule has 1 heterocycles. The van der Waals surface area contributed by atoms with Gasteiger partial charge in [-0.25, -0.2) is 4.98 Å². The Balaban J connectivity index is 2.50. The van der Waals surface area contributed by atoms with Crippen LogP contribution in [0.5, 0.6) is 0 Å². The fraction of sp³-hybridized carbons (Fsp3) is 0.400. The zero-order valence-corrected chi connectivity index (χ0v) is 7.28. The number of aryl methyl sites for hydroxylation is 1. The van der Waals surface area contributed by atoms with Crippen LogP contribution >= 0.6 is 33.9 Å². The second kappa shape index (κ2) is 3.40. The van der Waals surface area contributed by atoms with Crippen molar-refractivity contribution in [2.75, 3.05) is 4.43 Å². The molecule has 8 heavy (non-hydrogen) atoms. The van der Waals surface area contributed by atoms with Gasteiger partial charge in [-0.3, -0.25) is 0 Å². The van der Waals surface area contributed by atoms with E-state index >= 15 is 0 Å². The molecule has 1 aromatic rings. The third-order valence-electron chi connectivity index (χ3n) is 0.792. The van der Waals surface area contributed by atoms with Crippen molar-refractivity contribution in [3.63, 3.8) is 0 Å². The van der Waals surface area contributed by atoms with Gasteiger partial charge >= 0.3 is 0 Å². The van der Waals surface area contributed by atoms with E-state index in [1.165, 1.54) is 9.44 Å². The molecule has 1 aromatic heterocycles. The third kappa shape index (κ3) is 1.70. The molecule has 1 nitrogen and oxygen atoms in total. The van der Waals surface area contributed by atoms with Crippen molar-refractivity contribution >= 4 is 33.9 Å². The van der Waals surface area contributed by atoms with Gasteiger partial charge in [0.1, 0.15) is 0 Å². The second-order valence-electron chi connectivity index (χ2n) is 1.36. The summed E-state index contributed by atoms with van der Waals surface area (Å²) in [5, 5.41) is 3.26. The number of halogens is 1. The Morgan fingerprint density at radius 3 is 3.12 bits per heavy atom. The molecular weight excluding hydrogens is 233 g/mol. The van der Waals surface area contributed by atoms with Crippen molar-refractivity contribution in [2.45, 2.75) is 6.42 Å². The lowest BCUT2D eigenvalue weighted by atomic mass is 10.5. The molecule has 0 aliphatic rings. The predicted molar refractivity (Wildman–Crippen MR) is 44.7 cm³/mol. The van der Waals surface area contributed by atoms with Gasteiger partial charge in [0, 0.05) is 22.4 Å². The maximum Gasteiger partial charge on any atom is 0.0932 e. The Labute approximate surface area is 66.3 Å². The molecule has 0 radical (unpaired) electrons. The zero-order chi connectivity index (χ0) is 5.82. The number of hydrogen-bond acceptors (Lipinski definition) is 2.